The number of rotatable bonds is 8. The first kappa shape index (κ1) is 21.3. The summed E-state index contributed by atoms with van der Waals surface area (Å²) in [4.78, 5) is 23.8. The first-order chi connectivity index (χ1) is 13.4. The highest BCUT2D eigenvalue weighted by atomic mass is 35.5. The van der Waals surface area contributed by atoms with Gasteiger partial charge in [-0.05, 0) is 42.2 Å². The van der Waals surface area contributed by atoms with E-state index in [2.05, 4.69) is 5.32 Å². The van der Waals surface area contributed by atoms with Gasteiger partial charge in [-0.1, -0.05) is 48.0 Å². The van der Waals surface area contributed by atoms with Crippen molar-refractivity contribution in [2.75, 3.05) is 6.61 Å². The molecule has 2 aromatic rings. The van der Waals surface area contributed by atoms with Crippen LogP contribution in [0.4, 0.5) is 0 Å². The first-order valence-electron chi connectivity index (χ1n) is 8.85. The van der Waals surface area contributed by atoms with E-state index in [-0.39, 0.29) is 13.0 Å². The Morgan fingerprint density at radius 3 is 2.54 bits per heavy atom. The highest BCUT2D eigenvalue weighted by molar-refractivity contribution is 6.30. The van der Waals surface area contributed by atoms with Crippen molar-refractivity contribution in [2.24, 2.45) is 5.73 Å². The van der Waals surface area contributed by atoms with Crippen LogP contribution >= 0.6 is 11.6 Å². The van der Waals surface area contributed by atoms with Crippen LogP contribution < -0.4 is 11.1 Å². The van der Waals surface area contributed by atoms with Crippen LogP contribution in [0.5, 0.6) is 0 Å². The number of aliphatic hydroxyl groups is 1. The summed E-state index contributed by atoms with van der Waals surface area (Å²) >= 11 is 6.04. The standard InChI is InChI=1S/C21H23ClN2O4/c1-2-28-20(26)12-18(24-21(27)19(25)13-23)10-14-6-8-15(9-7-14)16-4-3-5-17(22)11-16/h3-9,11,13,18,25H,2,10,12,23H2,1H3,(H,24,27)/b19-13-/t18-/m1/s1. The SMILES string of the molecule is CCOC(=O)C[C@@H](Cc1ccc(-c2cccc(Cl)c2)cc1)NC(=O)/C(O)=C/N. The third-order valence-corrected chi connectivity index (χ3v) is 4.27. The van der Waals surface area contributed by atoms with E-state index in [0.29, 0.717) is 11.4 Å². The van der Waals surface area contributed by atoms with Gasteiger partial charge in [0.2, 0.25) is 0 Å². The summed E-state index contributed by atoms with van der Waals surface area (Å²) in [5, 5.41) is 12.7. The zero-order chi connectivity index (χ0) is 20.5. The van der Waals surface area contributed by atoms with Crippen LogP contribution in [0, 0.1) is 0 Å². The van der Waals surface area contributed by atoms with Crippen molar-refractivity contribution in [3.63, 3.8) is 0 Å². The lowest BCUT2D eigenvalue weighted by molar-refractivity contribution is -0.143. The molecule has 0 saturated carbocycles. The van der Waals surface area contributed by atoms with E-state index < -0.39 is 23.7 Å². The van der Waals surface area contributed by atoms with E-state index in [1.165, 1.54) is 0 Å². The molecule has 1 amide bonds. The molecule has 148 valence electrons. The molecule has 4 N–H and O–H groups in total. The molecule has 7 heteroatoms. The topological polar surface area (TPSA) is 102 Å². The monoisotopic (exact) mass is 402 g/mol. The van der Waals surface area contributed by atoms with Gasteiger partial charge >= 0.3 is 5.97 Å². The average Bonchev–Trinajstić information content (AvgIpc) is 2.68. The predicted octanol–water partition coefficient (Wildman–Crippen LogP) is 3.35. The third kappa shape index (κ3) is 6.32. The van der Waals surface area contributed by atoms with Gasteiger partial charge in [0.15, 0.2) is 5.76 Å². The molecular weight excluding hydrogens is 380 g/mol. The van der Waals surface area contributed by atoms with Crippen molar-refractivity contribution in [1.82, 2.24) is 5.32 Å². The Hall–Kier alpha value is -2.99. The molecule has 0 aromatic heterocycles. The molecule has 1 atom stereocenters. The highest BCUT2D eigenvalue weighted by Gasteiger charge is 2.19. The number of amides is 1. The number of halogens is 1. The third-order valence-electron chi connectivity index (χ3n) is 4.04. The van der Waals surface area contributed by atoms with Gasteiger partial charge in [0.05, 0.1) is 13.0 Å². The summed E-state index contributed by atoms with van der Waals surface area (Å²) < 4.78 is 4.96. The van der Waals surface area contributed by atoms with Gasteiger partial charge in [-0.3, -0.25) is 9.59 Å². The van der Waals surface area contributed by atoms with Crippen LogP contribution in [-0.2, 0) is 20.7 Å². The lowest BCUT2D eigenvalue weighted by Crippen LogP contribution is -2.39. The fourth-order valence-electron chi connectivity index (χ4n) is 2.72. The summed E-state index contributed by atoms with van der Waals surface area (Å²) in [5.41, 5.74) is 8.07. The normalized spacial score (nSPS) is 12.3. The number of hydrogen-bond acceptors (Lipinski definition) is 5. The maximum absolute atomic E-state index is 11.9. The molecule has 28 heavy (non-hydrogen) atoms. The van der Waals surface area contributed by atoms with Gasteiger partial charge in [-0.15, -0.1) is 0 Å². The van der Waals surface area contributed by atoms with Crippen LogP contribution in [0.25, 0.3) is 11.1 Å². The molecule has 2 rings (SSSR count). The maximum atomic E-state index is 11.9. The number of carbonyl (C=O) groups excluding carboxylic acids is 2. The number of benzene rings is 2. The van der Waals surface area contributed by atoms with Crippen molar-refractivity contribution in [2.45, 2.75) is 25.8 Å². The number of carbonyl (C=O) groups is 2. The molecule has 0 spiro atoms. The van der Waals surface area contributed by atoms with Crippen molar-refractivity contribution in [3.05, 3.63) is 71.1 Å². The minimum Gasteiger partial charge on any atom is -0.502 e. The average molecular weight is 403 g/mol. The molecule has 0 fully saturated rings. The number of nitrogens with two attached hydrogens (primary N) is 1. The van der Waals surface area contributed by atoms with Crippen LogP contribution in [0.2, 0.25) is 5.02 Å². The fourth-order valence-corrected chi connectivity index (χ4v) is 2.91. The Balaban J connectivity index is 2.13. The second-order valence-electron chi connectivity index (χ2n) is 6.14. The molecule has 0 bridgehead atoms. The number of nitrogens with one attached hydrogen (secondary N) is 1. The zero-order valence-corrected chi connectivity index (χ0v) is 16.3. The van der Waals surface area contributed by atoms with Crippen molar-refractivity contribution >= 4 is 23.5 Å². The van der Waals surface area contributed by atoms with Crippen molar-refractivity contribution in [1.29, 1.82) is 0 Å². The van der Waals surface area contributed by atoms with Crippen LogP contribution in [-0.4, -0.2) is 29.6 Å². The van der Waals surface area contributed by atoms with E-state index in [4.69, 9.17) is 22.1 Å². The molecule has 0 heterocycles. The van der Waals surface area contributed by atoms with Crippen molar-refractivity contribution < 1.29 is 19.4 Å². The molecule has 2 aromatic carbocycles. The molecule has 0 radical (unpaired) electrons. The largest absolute Gasteiger partial charge is 0.502 e. The van der Waals surface area contributed by atoms with E-state index >= 15 is 0 Å². The van der Waals surface area contributed by atoms with Gasteiger partial charge in [0, 0.05) is 17.3 Å². The second-order valence-corrected chi connectivity index (χ2v) is 6.58. The molecule has 0 aliphatic carbocycles. The maximum Gasteiger partial charge on any atom is 0.307 e. The zero-order valence-electron chi connectivity index (χ0n) is 15.5. The number of esters is 1. The lowest BCUT2D eigenvalue weighted by Gasteiger charge is -2.18. The van der Waals surface area contributed by atoms with E-state index in [1.807, 2.05) is 48.5 Å². The fraction of sp³-hybridized carbons (Fsp3) is 0.238. The van der Waals surface area contributed by atoms with E-state index in [0.717, 1.165) is 22.9 Å². The van der Waals surface area contributed by atoms with Gasteiger partial charge < -0.3 is 20.9 Å². The lowest BCUT2D eigenvalue weighted by atomic mass is 9.99. The summed E-state index contributed by atoms with van der Waals surface area (Å²) in [6, 6.07) is 14.7. The van der Waals surface area contributed by atoms with E-state index in [1.54, 1.807) is 6.92 Å². The van der Waals surface area contributed by atoms with Gasteiger partial charge in [0.1, 0.15) is 0 Å². The first-order valence-corrected chi connectivity index (χ1v) is 9.23. The van der Waals surface area contributed by atoms with Crippen LogP contribution in [0.1, 0.15) is 18.9 Å². The highest BCUT2D eigenvalue weighted by Crippen LogP contribution is 2.23. The summed E-state index contributed by atoms with van der Waals surface area (Å²) in [6.07, 6.45) is 1.17. The Labute approximate surface area is 169 Å². The van der Waals surface area contributed by atoms with Crippen LogP contribution in [0.15, 0.2) is 60.5 Å². The summed E-state index contributed by atoms with van der Waals surface area (Å²) in [5.74, 6) is -1.78. The summed E-state index contributed by atoms with van der Waals surface area (Å²) in [7, 11) is 0. The van der Waals surface area contributed by atoms with Crippen LogP contribution in [0.3, 0.4) is 0 Å². The minimum absolute atomic E-state index is 0.0204. The Bertz CT molecular complexity index is 850. The minimum atomic E-state index is -0.743. The number of aliphatic hydroxyl groups excluding tert-OH is 1. The number of hydrogen-bond donors (Lipinski definition) is 3. The number of ether oxygens (including phenoxy) is 1. The molecule has 0 aliphatic heterocycles. The van der Waals surface area contributed by atoms with Gasteiger partial charge in [0.25, 0.3) is 5.91 Å². The smallest absolute Gasteiger partial charge is 0.307 e. The van der Waals surface area contributed by atoms with E-state index in [9.17, 15) is 14.7 Å². The molecular formula is C21H23ClN2O4. The summed E-state index contributed by atoms with van der Waals surface area (Å²) in [6.45, 7) is 1.96. The predicted molar refractivity (Wildman–Crippen MR) is 109 cm³/mol. The molecule has 0 unspecified atom stereocenters. The second kappa shape index (κ2) is 10.4. The Morgan fingerprint density at radius 2 is 1.93 bits per heavy atom. The molecule has 0 aliphatic rings. The van der Waals surface area contributed by atoms with Crippen molar-refractivity contribution in [3.8, 4) is 11.1 Å². The Morgan fingerprint density at radius 1 is 1.21 bits per heavy atom. The Kier molecular flexibility index (Phi) is 7.89. The molecule has 6 nitrogen and oxygen atoms in total. The quantitative estimate of drug-likeness (QED) is 0.357. The van der Waals surface area contributed by atoms with Gasteiger partial charge in [-0.2, -0.15) is 0 Å². The molecule has 0 saturated heterocycles. The van der Waals surface area contributed by atoms with Gasteiger partial charge in [-0.25, -0.2) is 0 Å².